The third kappa shape index (κ3) is 2.38. The van der Waals surface area contributed by atoms with Gasteiger partial charge in [-0.25, -0.2) is 13.1 Å². The van der Waals surface area contributed by atoms with Crippen molar-refractivity contribution in [2.45, 2.75) is 38.6 Å². The van der Waals surface area contributed by atoms with E-state index in [9.17, 15) is 18.5 Å². The molecule has 1 fully saturated rings. The molecule has 21 heavy (non-hydrogen) atoms. The first-order valence-electron chi connectivity index (χ1n) is 6.47. The maximum atomic E-state index is 12.4. The van der Waals surface area contributed by atoms with Crippen LogP contribution in [0.4, 0.5) is 11.4 Å². The number of nitro benzene ring substituents is 1. The molecule has 0 aliphatic heterocycles. The molecule has 0 saturated heterocycles. The molecule has 2 rings (SSSR count). The largest absolute Gasteiger partial charge is 0.393 e. The minimum atomic E-state index is -3.76. The van der Waals surface area contributed by atoms with Crippen LogP contribution in [0.3, 0.4) is 0 Å². The zero-order valence-corrected chi connectivity index (χ0v) is 13.2. The van der Waals surface area contributed by atoms with Gasteiger partial charge in [-0.1, -0.05) is 27.7 Å². The molecular formula is C13H19N3O4S. The van der Waals surface area contributed by atoms with Crippen molar-refractivity contribution in [3.05, 3.63) is 28.3 Å². The number of nitro groups is 1. The Kier molecular flexibility index (Phi) is 3.30. The molecule has 116 valence electrons. The first kappa shape index (κ1) is 15.7. The predicted octanol–water partition coefficient (Wildman–Crippen LogP) is 1.89. The SMILES string of the molecule is CC1(C)C(NS(=O)(=O)c2ccc([N+](=O)[O-])c(N)c2)C1(C)C. The lowest BCUT2D eigenvalue weighted by molar-refractivity contribution is -0.383. The number of hydrogen-bond donors (Lipinski definition) is 2. The third-order valence-corrected chi connectivity index (χ3v) is 6.22. The fourth-order valence-corrected chi connectivity index (χ4v) is 4.15. The summed E-state index contributed by atoms with van der Waals surface area (Å²) >= 11 is 0. The van der Waals surface area contributed by atoms with Crippen LogP contribution >= 0.6 is 0 Å². The van der Waals surface area contributed by atoms with Gasteiger partial charge in [0, 0.05) is 12.1 Å². The Morgan fingerprint density at radius 3 is 2.14 bits per heavy atom. The van der Waals surface area contributed by atoms with E-state index in [0.29, 0.717) is 0 Å². The Morgan fingerprint density at radius 2 is 1.76 bits per heavy atom. The van der Waals surface area contributed by atoms with Crippen LogP contribution in [0.15, 0.2) is 23.1 Å². The van der Waals surface area contributed by atoms with Crippen molar-refractivity contribution in [2.75, 3.05) is 5.73 Å². The van der Waals surface area contributed by atoms with Gasteiger partial charge in [-0.05, 0) is 23.0 Å². The first-order valence-corrected chi connectivity index (χ1v) is 7.96. The van der Waals surface area contributed by atoms with E-state index in [2.05, 4.69) is 4.72 Å². The number of nitrogens with two attached hydrogens (primary N) is 1. The number of nitrogen functional groups attached to an aromatic ring is 1. The van der Waals surface area contributed by atoms with Crippen molar-refractivity contribution in [1.82, 2.24) is 4.72 Å². The Hall–Kier alpha value is -1.67. The van der Waals surface area contributed by atoms with Gasteiger partial charge in [0.2, 0.25) is 10.0 Å². The van der Waals surface area contributed by atoms with Crippen LogP contribution in [0.1, 0.15) is 27.7 Å². The molecule has 0 heterocycles. The molecule has 0 bridgehead atoms. The summed E-state index contributed by atoms with van der Waals surface area (Å²) in [5, 5.41) is 10.7. The maximum Gasteiger partial charge on any atom is 0.292 e. The molecule has 3 N–H and O–H groups in total. The molecule has 0 atom stereocenters. The van der Waals surface area contributed by atoms with E-state index in [1.54, 1.807) is 0 Å². The van der Waals surface area contributed by atoms with Crippen LogP contribution in [0, 0.1) is 20.9 Å². The Labute approximate surface area is 123 Å². The molecule has 7 nitrogen and oxygen atoms in total. The normalized spacial score (nSPS) is 20.2. The monoisotopic (exact) mass is 313 g/mol. The average Bonchev–Trinajstić information content (AvgIpc) is 2.70. The number of anilines is 1. The highest BCUT2D eigenvalue weighted by Crippen LogP contribution is 2.62. The number of hydrogen-bond acceptors (Lipinski definition) is 5. The summed E-state index contributed by atoms with van der Waals surface area (Å²) in [4.78, 5) is 9.99. The van der Waals surface area contributed by atoms with Gasteiger partial charge in [0.05, 0.1) is 9.82 Å². The second kappa shape index (κ2) is 4.41. The lowest BCUT2D eigenvalue weighted by atomic mass is 10.0. The van der Waals surface area contributed by atoms with Gasteiger partial charge < -0.3 is 5.73 Å². The van der Waals surface area contributed by atoms with Crippen molar-refractivity contribution < 1.29 is 13.3 Å². The molecule has 1 aromatic rings. The van der Waals surface area contributed by atoms with Gasteiger partial charge >= 0.3 is 0 Å². The molecule has 8 heteroatoms. The van der Waals surface area contributed by atoms with E-state index in [-0.39, 0.29) is 33.1 Å². The van der Waals surface area contributed by atoms with Gasteiger partial charge in [0.15, 0.2) is 0 Å². The molecule has 0 spiro atoms. The van der Waals surface area contributed by atoms with Crippen LogP contribution in [0.25, 0.3) is 0 Å². The number of benzene rings is 1. The molecule has 0 amide bonds. The zero-order valence-electron chi connectivity index (χ0n) is 12.4. The van der Waals surface area contributed by atoms with Gasteiger partial charge in [-0.15, -0.1) is 0 Å². The predicted molar refractivity (Wildman–Crippen MR) is 79.2 cm³/mol. The van der Waals surface area contributed by atoms with Crippen LogP contribution in [-0.4, -0.2) is 19.4 Å². The van der Waals surface area contributed by atoms with E-state index in [1.165, 1.54) is 6.07 Å². The van der Waals surface area contributed by atoms with E-state index in [1.807, 2.05) is 27.7 Å². The van der Waals surface area contributed by atoms with Crippen molar-refractivity contribution in [3.8, 4) is 0 Å². The quantitative estimate of drug-likeness (QED) is 0.500. The molecular weight excluding hydrogens is 294 g/mol. The highest BCUT2D eigenvalue weighted by molar-refractivity contribution is 7.89. The average molecular weight is 313 g/mol. The van der Waals surface area contributed by atoms with Crippen molar-refractivity contribution in [1.29, 1.82) is 0 Å². The van der Waals surface area contributed by atoms with Gasteiger partial charge in [0.1, 0.15) is 5.69 Å². The van der Waals surface area contributed by atoms with E-state index >= 15 is 0 Å². The molecule has 1 aromatic carbocycles. The summed E-state index contributed by atoms with van der Waals surface area (Å²) in [5.41, 5.74) is 4.77. The third-order valence-electron chi connectivity index (χ3n) is 4.80. The second-order valence-corrected chi connectivity index (χ2v) is 8.19. The summed E-state index contributed by atoms with van der Waals surface area (Å²) in [6.45, 7) is 7.96. The smallest absolute Gasteiger partial charge is 0.292 e. The first-order chi connectivity index (χ1) is 9.41. The molecule has 0 unspecified atom stereocenters. The lowest BCUT2D eigenvalue weighted by Gasteiger charge is -2.09. The van der Waals surface area contributed by atoms with Crippen LogP contribution in [0.2, 0.25) is 0 Å². The Morgan fingerprint density at radius 1 is 1.24 bits per heavy atom. The minimum absolute atomic E-state index is 0.0656. The summed E-state index contributed by atoms with van der Waals surface area (Å²) < 4.78 is 27.4. The van der Waals surface area contributed by atoms with E-state index in [0.717, 1.165) is 12.1 Å². The summed E-state index contributed by atoms with van der Waals surface area (Å²) in [6, 6.07) is 3.22. The number of nitrogens with zero attached hydrogens (tertiary/aromatic N) is 1. The molecule has 1 saturated carbocycles. The van der Waals surface area contributed by atoms with Crippen LogP contribution in [-0.2, 0) is 10.0 Å². The van der Waals surface area contributed by atoms with Crippen molar-refractivity contribution in [2.24, 2.45) is 10.8 Å². The highest BCUT2D eigenvalue weighted by atomic mass is 32.2. The van der Waals surface area contributed by atoms with Crippen molar-refractivity contribution in [3.63, 3.8) is 0 Å². The summed E-state index contributed by atoms with van der Waals surface area (Å²) in [7, 11) is -3.76. The standard InChI is InChI=1S/C13H19N3O4S/c1-12(2)11(13(12,3)4)15-21(19,20)8-5-6-10(16(17)18)9(14)7-8/h5-7,11,15H,14H2,1-4H3. The maximum absolute atomic E-state index is 12.4. The van der Waals surface area contributed by atoms with Crippen molar-refractivity contribution >= 4 is 21.4 Å². The second-order valence-electron chi connectivity index (χ2n) is 6.48. The topological polar surface area (TPSA) is 115 Å². The minimum Gasteiger partial charge on any atom is -0.393 e. The molecule has 0 radical (unpaired) electrons. The van der Waals surface area contributed by atoms with Gasteiger partial charge in [-0.3, -0.25) is 10.1 Å². The van der Waals surface area contributed by atoms with E-state index in [4.69, 9.17) is 5.73 Å². The Bertz CT molecular complexity index is 696. The van der Waals surface area contributed by atoms with Crippen LogP contribution in [0.5, 0.6) is 0 Å². The van der Waals surface area contributed by atoms with Gasteiger partial charge in [0.25, 0.3) is 5.69 Å². The fraction of sp³-hybridized carbons (Fsp3) is 0.538. The number of sulfonamides is 1. The fourth-order valence-electron chi connectivity index (χ4n) is 2.58. The number of rotatable bonds is 4. The number of nitrogens with one attached hydrogen (secondary N) is 1. The Balaban J connectivity index is 2.30. The summed E-state index contributed by atoms with van der Waals surface area (Å²) in [5.74, 6) is 0. The molecule has 1 aliphatic rings. The summed E-state index contributed by atoms with van der Waals surface area (Å²) in [6.07, 6.45) is 0. The van der Waals surface area contributed by atoms with Gasteiger partial charge in [-0.2, -0.15) is 0 Å². The molecule has 0 aromatic heterocycles. The zero-order chi connectivity index (χ0) is 16.2. The lowest BCUT2D eigenvalue weighted by Crippen LogP contribution is -2.30. The highest BCUT2D eigenvalue weighted by Gasteiger charge is 2.66. The molecule has 1 aliphatic carbocycles. The van der Waals surface area contributed by atoms with Crippen LogP contribution < -0.4 is 10.5 Å². The van der Waals surface area contributed by atoms with E-state index < -0.39 is 14.9 Å².